The van der Waals surface area contributed by atoms with E-state index in [1.54, 1.807) is 0 Å². The van der Waals surface area contributed by atoms with Crippen LogP contribution in [0.1, 0.15) is 0 Å². The maximum Gasteiger partial charge on any atom is 0.457 e. The quantitative estimate of drug-likeness (QED) is 0.409. The molecule has 0 spiro atoms. The zero-order chi connectivity index (χ0) is 10.0. The molecule has 0 aromatic rings. The Bertz CT molecular complexity index is 199. The van der Waals surface area contributed by atoms with Crippen LogP contribution < -0.4 is 0 Å². The second-order valence-electron chi connectivity index (χ2n) is 3.43. The molecule has 1 saturated heterocycles. The van der Waals surface area contributed by atoms with E-state index in [9.17, 15) is 4.79 Å². The van der Waals surface area contributed by atoms with Crippen molar-refractivity contribution in [1.29, 1.82) is 0 Å². The fraction of sp³-hybridized carbons (Fsp3) is 0.857. The van der Waals surface area contributed by atoms with E-state index in [-0.39, 0.29) is 5.97 Å². The molecule has 0 aromatic heterocycles. The number of esters is 1. The summed E-state index contributed by atoms with van der Waals surface area (Å²) in [6.45, 7) is 1.03. The lowest BCUT2D eigenvalue weighted by Crippen LogP contribution is -2.31. The van der Waals surface area contributed by atoms with Crippen LogP contribution in [-0.2, 0) is 9.53 Å². The third-order valence-electron chi connectivity index (χ3n) is 2.43. The Hall–Kier alpha value is -0.585. The Morgan fingerprint density at radius 3 is 2.62 bits per heavy atom. The molecule has 0 bridgehead atoms. The van der Waals surface area contributed by atoms with Gasteiger partial charge >= 0.3 is 13.1 Å². The van der Waals surface area contributed by atoms with E-state index in [4.69, 9.17) is 10.0 Å². The van der Waals surface area contributed by atoms with Gasteiger partial charge in [-0.05, 0) is 7.05 Å². The summed E-state index contributed by atoms with van der Waals surface area (Å²) in [6, 6.07) is 0. The first-order valence-electron chi connectivity index (χ1n) is 4.18. The molecule has 0 radical (unpaired) electrons. The predicted octanol–water partition coefficient (Wildman–Crippen LogP) is -1.44. The summed E-state index contributed by atoms with van der Waals surface area (Å²) in [4.78, 5) is 13.1. The second kappa shape index (κ2) is 4.08. The van der Waals surface area contributed by atoms with E-state index < -0.39 is 18.9 Å². The van der Waals surface area contributed by atoms with Gasteiger partial charge in [-0.25, -0.2) is 0 Å². The molecular formula is C7H14BNO4. The summed E-state index contributed by atoms with van der Waals surface area (Å²) in [5, 5.41) is 18.0. The van der Waals surface area contributed by atoms with Gasteiger partial charge in [0.2, 0.25) is 0 Å². The van der Waals surface area contributed by atoms with Crippen LogP contribution >= 0.6 is 0 Å². The number of carbonyl (C=O) groups is 1. The van der Waals surface area contributed by atoms with Gasteiger partial charge in [0.25, 0.3) is 0 Å². The van der Waals surface area contributed by atoms with E-state index in [0.717, 1.165) is 0 Å². The summed E-state index contributed by atoms with van der Waals surface area (Å²) < 4.78 is 4.58. The van der Waals surface area contributed by atoms with E-state index in [1.165, 1.54) is 7.11 Å². The van der Waals surface area contributed by atoms with Gasteiger partial charge in [-0.15, -0.1) is 0 Å². The van der Waals surface area contributed by atoms with Crippen molar-refractivity contribution < 1.29 is 19.6 Å². The summed E-state index contributed by atoms with van der Waals surface area (Å²) in [5.41, 5.74) is 0. The van der Waals surface area contributed by atoms with Gasteiger partial charge in [-0.2, -0.15) is 0 Å². The van der Waals surface area contributed by atoms with Crippen LogP contribution in [0.4, 0.5) is 0 Å². The van der Waals surface area contributed by atoms with Crippen LogP contribution in [0.3, 0.4) is 0 Å². The fourth-order valence-corrected chi connectivity index (χ4v) is 1.74. The van der Waals surface area contributed by atoms with E-state index in [1.807, 2.05) is 11.9 Å². The average molecular weight is 187 g/mol. The Kier molecular flexibility index (Phi) is 3.30. The van der Waals surface area contributed by atoms with E-state index in [2.05, 4.69) is 4.74 Å². The third-order valence-corrected chi connectivity index (χ3v) is 2.43. The minimum atomic E-state index is -1.45. The normalized spacial score (nSPS) is 28.9. The van der Waals surface area contributed by atoms with Gasteiger partial charge in [-0.1, -0.05) is 0 Å². The Labute approximate surface area is 77.4 Å². The molecule has 1 aliphatic rings. The molecule has 74 valence electrons. The molecule has 5 nitrogen and oxygen atoms in total. The molecule has 0 aliphatic carbocycles. The van der Waals surface area contributed by atoms with E-state index in [0.29, 0.717) is 13.1 Å². The summed E-state index contributed by atoms with van der Waals surface area (Å²) in [5.74, 6) is -1.23. The van der Waals surface area contributed by atoms with Gasteiger partial charge < -0.3 is 19.7 Å². The topological polar surface area (TPSA) is 70.0 Å². The second-order valence-corrected chi connectivity index (χ2v) is 3.43. The first-order valence-corrected chi connectivity index (χ1v) is 4.18. The van der Waals surface area contributed by atoms with Crippen molar-refractivity contribution in [3.8, 4) is 0 Å². The number of hydrogen-bond donors (Lipinski definition) is 2. The molecule has 6 heteroatoms. The largest absolute Gasteiger partial charge is 0.469 e. The molecule has 0 aromatic carbocycles. The number of likely N-dealkylation sites (tertiary alicyclic amines) is 1. The Morgan fingerprint density at radius 2 is 2.15 bits per heavy atom. The van der Waals surface area contributed by atoms with Crippen molar-refractivity contribution in [3.05, 3.63) is 0 Å². The van der Waals surface area contributed by atoms with Gasteiger partial charge in [0, 0.05) is 18.9 Å². The molecule has 0 amide bonds. The highest BCUT2D eigenvalue weighted by Gasteiger charge is 2.43. The van der Waals surface area contributed by atoms with Crippen LogP contribution in [-0.4, -0.2) is 55.3 Å². The smallest absolute Gasteiger partial charge is 0.457 e. The standard InChI is InChI=1S/C7H14BNO4/c1-9-3-5(7(10)13-2)6(4-9)8(11)12/h5-6,11-12H,3-4H2,1-2H3/t5-,6-/m0/s1. The molecule has 1 fully saturated rings. The van der Waals surface area contributed by atoms with Crippen molar-refractivity contribution in [2.75, 3.05) is 27.2 Å². The molecule has 0 saturated carbocycles. The van der Waals surface area contributed by atoms with Crippen molar-refractivity contribution in [2.24, 2.45) is 5.92 Å². The molecule has 2 N–H and O–H groups in total. The number of rotatable bonds is 2. The molecule has 1 aliphatic heterocycles. The lowest BCUT2D eigenvalue weighted by molar-refractivity contribution is -0.145. The lowest BCUT2D eigenvalue weighted by Gasteiger charge is -2.14. The van der Waals surface area contributed by atoms with Gasteiger partial charge in [0.1, 0.15) is 0 Å². The highest BCUT2D eigenvalue weighted by Crippen LogP contribution is 2.29. The van der Waals surface area contributed by atoms with Crippen molar-refractivity contribution >= 4 is 13.1 Å². The minimum Gasteiger partial charge on any atom is -0.469 e. The molecule has 13 heavy (non-hydrogen) atoms. The average Bonchev–Trinajstić information content (AvgIpc) is 2.46. The van der Waals surface area contributed by atoms with Crippen molar-refractivity contribution in [2.45, 2.75) is 5.82 Å². The fourth-order valence-electron chi connectivity index (χ4n) is 1.74. The van der Waals surface area contributed by atoms with Crippen LogP contribution in [0.15, 0.2) is 0 Å². The highest BCUT2D eigenvalue weighted by atomic mass is 16.5. The maximum absolute atomic E-state index is 11.2. The first kappa shape index (κ1) is 10.5. The van der Waals surface area contributed by atoms with E-state index >= 15 is 0 Å². The number of ether oxygens (including phenoxy) is 1. The van der Waals surface area contributed by atoms with Crippen LogP contribution in [0.5, 0.6) is 0 Å². The monoisotopic (exact) mass is 187 g/mol. The van der Waals surface area contributed by atoms with Crippen LogP contribution in [0.25, 0.3) is 0 Å². The summed E-state index contributed by atoms with van der Waals surface area (Å²) >= 11 is 0. The van der Waals surface area contributed by atoms with Crippen LogP contribution in [0, 0.1) is 5.92 Å². The number of nitrogens with zero attached hydrogens (tertiary/aromatic N) is 1. The zero-order valence-corrected chi connectivity index (χ0v) is 7.80. The number of methoxy groups -OCH3 is 1. The van der Waals surface area contributed by atoms with Crippen molar-refractivity contribution in [1.82, 2.24) is 4.90 Å². The molecule has 1 heterocycles. The zero-order valence-electron chi connectivity index (χ0n) is 7.80. The van der Waals surface area contributed by atoms with Crippen molar-refractivity contribution in [3.63, 3.8) is 0 Å². The first-order chi connectivity index (χ1) is 6.06. The Morgan fingerprint density at radius 1 is 1.54 bits per heavy atom. The lowest BCUT2D eigenvalue weighted by atomic mass is 9.67. The summed E-state index contributed by atoms with van der Waals surface area (Å²) in [7, 11) is 1.69. The van der Waals surface area contributed by atoms with Gasteiger partial charge in [0.05, 0.1) is 13.0 Å². The van der Waals surface area contributed by atoms with Gasteiger partial charge in [-0.3, -0.25) is 4.79 Å². The van der Waals surface area contributed by atoms with Crippen LogP contribution in [0.2, 0.25) is 5.82 Å². The predicted molar refractivity (Wildman–Crippen MR) is 46.9 cm³/mol. The number of hydrogen-bond acceptors (Lipinski definition) is 5. The Balaban J connectivity index is 2.66. The highest BCUT2D eigenvalue weighted by molar-refractivity contribution is 6.44. The SMILES string of the molecule is COC(=O)[C@H]1CN(C)C[C@@H]1B(O)O. The third kappa shape index (κ3) is 2.21. The maximum atomic E-state index is 11.2. The van der Waals surface area contributed by atoms with Gasteiger partial charge in [0.15, 0.2) is 0 Å². The summed E-state index contributed by atoms with van der Waals surface area (Å²) in [6.07, 6.45) is 0. The minimum absolute atomic E-state index is 0.373. The molecular weight excluding hydrogens is 173 g/mol. The molecule has 0 unspecified atom stereocenters. The number of carbonyl (C=O) groups excluding carboxylic acids is 1. The molecule has 1 rings (SSSR count). The molecule has 2 atom stereocenters.